The largest absolute Gasteiger partial charge is 0.508 e. The lowest BCUT2D eigenvalue weighted by atomic mass is 9.43. The highest BCUT2D eigenvalue weighted by Gasteiger charge is 2.78. The molecule has 1 aromatic carbocycles. The minimum absolute atomic E-state index is 0.131. The molecule has 3 aliphatic carbocycles. The smallest absolute Gasteiger partial charge is 0.467 e. The number of hydrogen-bond acceptors (Lipinski definition) is 15. The summed E-state index contributed by atoms with van der Waals surface area (Å²) in [7, 11) is 1.13. The SMILES string of the molecule is COC(=O)OC12COC1CC(C)C1(C)C(=O)C(OC(C)=O)C3=C(C)C(OC(=O)C(C)C(NC(=O)OC(C)(C)C)c4ccco4)CC(O)(C(OC(=O)c4ccccc4)C21)C3(C)C. The molecule has 16 heteroatoms. The second-order valence-corrected chi connectivity index (χ2v) is 18.5. The van der Waals surface area contributed by atoms with Crippen LogP contribution in [0.1, 0.15) is 104 Å². The maximum absolute atomic E-state index is 15.7. The zero-order chi connectivity index (χ0) is 45.0. The van der Waals surface area contributed by atoms with Gasteiger partial charge in [0.15, 0.2) is 17.5 Å². The number of nitrogens with one attached hydrogen (secondary N) is 1. The number of carbonyl (C=O) groups excluding carboxylic acids is 6. The summed E-state index contributed by atoms with van der Waals surface area (Å²) in [5.41, 5.74) is -7.44. The van der Waals surface area contributed by atoms with Gasteiger partial charge in [-0.05, 0) is 82.4 Å². The van der Waals surface area contributed by atoms with E-state index >= 15 is 4.79 Å². The van der Waals surface area contributed by atoms with Crippen molar-refractivity contribution in [3.63, 3.8) is 0 Å². The van der Waals surface area contributed by atoms with Crippen molar-refractivity contribution in [2.75, 3.05) is 13.7 Å². The standard InChI is InChI=1S/C45H57NO15/c1-23-20-30-44(22-56-30,61-40(52)54-11)34-36(59-38(50)27-16-13-12-14-17-27)45(53)21-29(24(2)31(42(45,8)9)33(57-26(4)47)35(48)43(23,34)10)58-37(49)25(3)32(28-18-15-19-55-28)46-39(51)60-41(5,6)7/h12-19,23,25,29-30,32-34,36,53H,20-22H2,1-11H3,(H,46,51). The van der Waals surface area contributed by atoms with Gasteiger partial charge in [-0.25, -0.2) is 14.4 Å². The van der Waals surface area contributed by atoms with E-state index in [-0.39, 0.29) is 29.9 Å². The van der Waals surface area contributed by atoms with Crippen LogP contribution < -0.4 is 5.32 Å². The van der Waals surface area contributed by atoms with Gasteiger partial charge in [0.1, 0.15) is 41.3 Å². The number of rotatable bonds is 9. The van der Waals surface area contributed by atoms with E-state index in [4.69, 9.17) is 37.6 Å². The second-order valence-electron chi connectivity index (χ2n) is 18.5. The van der Waals surface area contributed by atoms with E-state index in [2.05, 4.69) is 5.32 Å². The molecule has 11 atom stereocenters. The van der Waals surface area contributed by atoms with Crippen LogP contribution in [0.25, 0.3) is 0 Å². The van der Waals surface area contributed by atoms with E-state index < -0.39 is 118 Å². The van der Waals surface area contributed by atoms with Crippen LogP contribution in [0.5, 0.6) is 0 Å². The van der Waals surface area contributed by atoms with Gasteiger partial charge in [-0.1, -0.05) is 45.9 Å². The van der Waals surface area contributed by atoms with Gasteiger partial charge in [-0.15, -0.1) is 0 Å². The molecule has 0 radical (unpaired) electrons. The maximum atomic E-state index is 15.7. The highest BCUT2D eigenvalue weighted by molar-refractivity contribution is 5.95. The molecule has 1 aliphatic heterocycles. The Bertz CT molecular complexity index is 2070. The first-order valence-electron chi connectivity index (χ1n) is 20.5. The van der Waals surface area contributed by atoms with Gasteiger partial charge in [-0.3, -0.25) is 14.4 Å². The van der Waals surface area contributed by atoms with Crippen LogP contribution in [0.15, 0.2) is 64.3 Å². The number of carbonyl (C=O) groups is 6. The van der Waals surface area contributed by atoms with Gasteiger partial charge >= 0.3 is 30.2 Å². The van der Waals surface area contributed by atoms with Crippen molar-refractivity contribution in [1.82, 2.24) is 5.32 Å². The van der Waals surface area contributed by atoms with Crippen molar-refractivity contribution in [1.29, 1.82) is 0 Å². The predicted molar refractivity (Wildman–Crippen MR) is 213 cm³/mol. The third-order valence-corrected chi connectivity index (χ3v) is 13.4. The van der Waals surface area contributed by atoms with Crippen molar-refractivity contribution in [3.8, 4) is 0 Å². The summed E-state index contributed by atoms with van der Waals surface area (Å²) in [5.74, 6) is -5.94. The van der Waals surface area contributed by atoms with Crippen LogP contribution in [-0.4, -0.2) is 96.0 Å². The van der Waals surface area contributed by atoms with Crippen LogP contribution in [0.4, 0.5) is 9.59 Å². The number of hydrogen-bond donors (Lipinski definition) is 2. The minimum Gasteiger partial charge on any atom is -0.467 e. The Morgan fingerprint density at radius 1 is 0.984 bits per heavy atom. The van der Waals surface area contributed by atoms with Gasteiger partial charge in [-0.2, -0.15) is 0 Å². The first kappa shape index (κ1) is 45.3. The molecule has 2 N–H and O–H groups in total. The summed E-state index contributed by atoms with van der Waals surface area (Å²) in [4.78, 5) is 83.6. The van der Waals surface area contributed by atoms with Crippen LogP contribution in [-0.2, 0) is 47.5 Å². The molecule has 4 aliphatic rings. The summed E-state index contributed by atoms with van der Waals surface area (Å²) < 4.78 is 47.0. The molecule has 2 heterocycles. The normalized spacial score (nSPS) is 32.5. The molecule has 1 amide bonds. The van der Waals surface area contributed by atoms with Gasteiger partial charge in [0.2, 0.25) is 0 Å². The Labute approximate surface area is 354 Å². The minimum atomic E-state index is -2.26. The third kappa shape index (κ3) is 7.81. The lowest BCUT2D eigenvalue weighted by Crippen LogP contribution is -2.81. The summed E-state index contributed by atoms with van der Waals surface area (Å²) in [6.45, 7) is 15.8. The quantitative estimate of drug-likeness (QED) is 0.164. The summed E-state index contributed by atoms with van der Waals surface area (Å²) >= 11 is 0. The number of furan rings is 1. The Kier molecular flexibility index (Phi) is 12.1. The van der Waals surface area contributed by atoms with Gasteiger partial charge in [0.25, 0.3) is 0 Å². The molecular weight excluding hydrogens is 794 g/mol. The highest BCUT2D eigenvalue weighted by atomic mass is 16.8. The zero-order valence-corrected chi connectivity index (χ0v) is 36.5. The van der Waals surface area contributed by atoms with Crippen molar-refractivity contribution in [2.45, 2.75) is 129 Å². The number of fused-ring (bicyclic) bond motifs is 5. The molecule has 61 heavy (non-hydrogen) atoms. The van der Waals surface area contributed by atoms with E-state index in [0.29, 0.717) is 5.57 Å². The predicted octanol–water partition coefficient (Wildman–Crippen LogP) is 6.19. The Hall–Kier alpha value is -5.22. The average molecular weight is 852 g/mol. The molecule has 2 bridgehead atoms. The number of benzene rings is 1. The number of Topliss-reactive ketones (excluding diaryl/α,β-unsaturated/α-hetero) is 1. The third-order valence-electron chi connectivity index (χ3n) is 13.4. The van der Waals surface area contributed by atoms with Gasteiger partial charge in [0.05, 0.1) is 37.4 Å². The highest BCUT2D eigenvalue weighted by Crippen LogP contribution is 2.65. The molecule has 3 fully saturated rings. The van der Waals surface area contributed by atoms with Gasteiger partial charge < -0.3 is 48.0 Å². The van der Waals surface area contributed by atoms with E-state index in [9.17, 15) is 29.1 Å². The Morgan fingerprint density at radius 2 is 1.66 bits per heavy atom. The molecule has 11 unspecified atom stereocenters. The van der Waals surface area contributed by atoms with Gasteiger partial charge in [0, 0.05) is 24.2 Å². The second kappa shape index (κ2) is 16.2. The molecule has 2 saturated carbocycles. The maximum Gasteiger partial charge on any atom is 0.508 e. The topological polar surface area (TPSA) is 212 Å². The number of amides is 1. The zero-order valence-electron chi connectivity index (χ0n) is 36.5. The number of ether oxygens (including phenoxy) is 7. The van der Waals surface area contributed by atoms with E-state index in [1.54, 1.807) is 85.7 Å². The first-order valence-corrected chi connectivity index (χ1v) is 20.5. The van der Waals surface area contributed by atoms with Crippen molar-refractivity contribution in [2.24, 2.45) is 28.6 Å². The molecular formula is C45H57NO15. The van der Waals surface area contributed by atoms with E-state index in [1.165, 1.54) is 25.3 Å². The number of ketones is 1. The van der Waals surface area contributed by atoms with Crippen LogP contribution in [0, 0.1) is 28.6 Å². The monoisotopic (exact) mass is 851 g/mol. The molecule has 2 aromatic rings. The lowest BCUT2D eigenvalue weighted by molar-refractivity contribution is -0.338. The molecule has 0 spiro atoms. The summed E-state index contributed by atoms with van der Waals surface area (Å²) in [5, 5.41) is 16.5. The number of methoxy groups -OCH3 is 1. The molecule has 6 rings (SSSR count). The first-order chi connectivity index (χ1) is 28.4. The van der Waals surface area contributed by atoms with E-state index in [0.717, 1.165) is 14.0 Å². The fourth-order valence-electron chi connectivity index (χ4n) is 9.97. The van der Waals surface area contributed by atoms with Crippen molar-refractivity contribution in [3.05, 3.63) is 71.2 Å². The van der Waals surface area contributed by atoms with Crippen LogP contribution in [0.3, 0.4) is 0 Å². The Morgan fingerprint density at radius 3 is 2.21 bits per heavy atom. The lowest BCUT2D eigenvalue weighted by Gasteiger charge is -2.67. The molecule has 1 aromatic heterocycles. The number of esters is 3. The Balaban J connectivity index is 1.54. The number of aliphatic hydroxyl groups is 1. The summed E-state index contributed by atoms with van der Waals surface area (Å²) in [6.07, 6.45) is -6.21. The molecule has 1 saturated heterocycles. The fourth-order valence-corrected chi connectivity index (χ4v) is 9.97. The molecule has 16 nitrogen and oxygen atoms in total. The van der Waals surface area contributed by atoms with Crippen LogP contribution in [0.2, 0.25) is 0 Å². The summed E-state index contributed by atoms with van der Waals surface area (Å²) in [6, 6.07) is 10.1. The number of alkyl carbamates (subject to hydrolysis) is 1. The fraction of sp³-hybridized carbons (Fsp3) is 0.600. The van der Waals surface area contributed by atoms with Crippen molar-refractivity contribution < 1.29 is 71.4 Å². The molecule has 332 valence electrons. The van der Waals surface area contributed by atoms with Crippen LogP contribution >= 0.6 is 0 Å². The van der Waals surface area contributed by atoms with E-state index in [1.807, 2.05) is 0 Å². The van der Waals surface area contributed by atoms with Crippen molar-refractivity contribution >= 4 is 35.9 Å². The average Bonchev–Trinajstić information content (AvgIpc) is 3.72.